The van der Waals surface area contributed by atoms with Crippen LogP contribution in [0.15, 0.2) is 10.9 Å². The fraction of sp³-hybridized carbons (Fsp3) is 0.750. The zero-order valence-corrected chi connectivity index (χ0v) is 7.40. The third-order valence-corrected chi connectivity index (χ3v) is 2.12. The van der Waals surface area contributed by atoms with Crippen LogP contribution >= 0.6 is 0 Å². The summed E-state index contributed by atoms with van der Waals surface area (Å²) < 4.78 is 9.95. The van der Waals surface area contributed by atoms with Gasteiger partial charge in [-0.05, 0) is 12.8 Å². The molecule has 1 fully saturated rings. The molecule has 2 heterocycles. The lowest BCUT2D eigenvalue weighted by Crippen LogP contribution is -2.36. The molecule has 1 aliphatic rings. The SMILES string of the molecule is c1nc(CNC2CCCOC2)no1. The number of aromatic nitrogens is 2. The summed E-state index contributed by atoms with van der Waals surface area (Å²) in [6, 6.07) is 0.437. The van der Waals surface area contributed by atoms with Crippen molar-refractivity contribution in [1.82, 2.24) is 15.5 Å². The molecule has 0 radical (unpaired) electrons. The van der Waals surface area contributed by atoms with Gasteiger partial charge < -0.3 is 14.6 Å². The van der Waals surface area contributed by atoms with Crippen LogP contribution in [-0.2, 0) is 11.3 Å². The molecule has 13 heavy (non-hydrogen) atoms. The van der Waals surface area contributed by atoms with Crippen molar-refractivity contribution in [2.45, 2.75) is 25.4 Å². The Morgan fingerprint density at radius 1 is 1.62 bits per heavy atom. The summed E-state index contributed by atoms with van der Waals surface area (Å²) in [7, 11) is 0. The molecule has 0 saturated carbocycles. The maximum absolute atomic E-state index is 5.33. The molecule has 1 atom stereocenters. The highest BCUT2D eigenvalue weighted by Gasteiger charge is 2.13. The topological polar surface area (TPSA) is 60.2 Å². The van der Waals surface area contributed by atoms with E-state index in [0.717, 1.165) is 26.1 Å². The van der Waals surface area contributed by atoms with E-state index in [-0.39, 0.29) is 0 Å². The van der Waals surface area contributed by atoms with E-state index in [2.05, 4.69) is 20.0 Å². The van der Waals surface area contributed by atoms with Gasteiger partial charge in [0, 0.05) is 12.6 Å². The summed E-state index contributed by atoms with van der Waals surface area (Å²) in [5.74, 6) is 0.700. The molecule has 0 bridgehead atoms. The smallest absolute Gasteiger partial charge is 0.213 e. The minimum atomic E-state index is 0.437. The molecule has 1 aromatic rings. The highest BCUT2D eigenvalue weighted by molar-refractivity contribution is 4.79. The summed E-state index contributed by atoms with van der Waals surface area (Å²) in [6.07, 6.45) is 3.64. The van der Waals surface area contributed by atoms with Gasteiger partial charge in [-0.2, -0.15) is 4.98 Å². The maximum atomic E-state index is 5.33. The highest BCUT2D eigenvalue weighted by Crippen LogP contribution is 2.05. The predicted octanol–water partition coefficient (Wildman–Crippen LogP) is 0.338. The van der Waals surface area contributed by atoms with Gasteiger partial charge in [0.15, 0.2) is 5.82 Å². The van der Waals surface area contributed by atoms with E-state index in [9.17, 15) is 0 Å². The van der Waals surface area contributed by atoms with Crippen LogP contribution in [0.2, 0.25) is 0 Å². The zero-order valence-electron chi connectivity index (χ0n) is 7.40. The third-order valence-electron chi connectivity index (χ3n) is 2.12. The molecular formula is C8H13N3O2. The first-order valence-corrected chi connectivity index (χ1v) is 4.51. The molecule has 1 unspecified atom stereocenters. The van der Waals surface area contributed by atoms with Gasteiger partial charge in [-0.3, -0.25) is 0 Å². The van der Waals surface area contributed by atoms with Crippen molar-refractivity contribution in [3.05, 3.63) is 12.2 Å². The number of hydrogen-bond donors (Lipinski definition) is 1. The highest BCUT2D eigenvalue weighted by atomic mass is 16.5. The summed E-state index contributed by atoms with van der Waals surface area (Å²) in [5.41, 5.74) is 0. The average Bonchev–Trinajstić information content (AvgIpc) is 2.69. The van der Waals surface area contributed by atoms with Crippen molar-refractivity contribution in [3.8, 4) is 0 Å². The first kappa shape index (κ1) is 8.65. The molecule has 72 valence electrons. The molecule has 1 N–H and O–H groups in total. The average molecular weight is 183 g/mol. The quantitative estimate of drug-likeness (QED) is 0.732. The number of hydrogen-bond acceptors (Lipinski definition) is 5. The van der Waals surface area contributed by atoms with E-state index in [0.29, 0.717) is 18.4 Å². The van der Waals surface area contributed by atoms with Crippen LogP contribution in [0.3, 0.4) is 0 Å². The van der Waals surface area contributed by atoms with Crippen molar-refractivity contribution in [2.75, 3.05) is 13.2 Å². The Morgan fingerprint density at radius 2 is 2.62 bits per heavy atom. The number of ether oxygens (including phenoxy) is 1. The first-order chi connectivity index (χ1) is 6.45. The van der Waals surface area contributed by atoms with E-state index in [1.165, 1.54) is 6.39 Å². The summed E-state index contributed by atoms with van der Waals surface area (Å²) in [4.78, 5) is 3.92. The maximum Gasteiger partial charge on any atom is 0.213 e. The van der Waals surface area contributed by atoms with Crippen LogP contribution in [0.5, 0.6) is 0 Å². The van der Waals surface area contributed by atoms with Crippen LogP contribution in [0.4, 0.5) is 0 Å². The molecule has 0 aliphatic carbocycles. The van der Waals surface area contributed by atoms with Gasteiger partial charge in [0.1, 0.15) is 0 Å². The second-order valence-electron chi connectivity index (χ2n) is 3.14. The molecule has 5 heteroatoms. The minimum Gasteiger partial charge on any atom is -0.380 e. The Kier molecular flexibility index (Phi) is 2.89. The molecule has 0 aromatic carbocycles. The Hall–Kier alpha value is -0.940. The van der Waals surface area contributed by atoms with E-state index in [1.54, 1.807) is 0 Å². The second-order valence-corrected chi connectivity index (χ2v) is 3.14. The fourth-order valence-corrected chi connectivity index (χ4v) is 1.41. The largest absolute Gasteiger partial charge is 0.380 e. The first-order valence-electron chi connectivity index (χ1n) is 4.51. The Morgan fingerprint density at radius 3 is 3.31 bits per heavy atom. The van der Waals surface area contributed by atoms with Gasteiger partial charge in [0.05, 0.1) is 13.2 Å². The van der Waals surface area contributed by atoms with Crippen LogP contribution in [0, 0.1) is 0 Å². The summed E-state index contributed by atoms with van der Waals surface area (Å²) in [5, 5.41) is 7.03. The number of rotatable bonds is 3. The van der Waals surface area contributed by atoms with Gasteiger partial charge in [-0.1, -0.05) is 5.16 Å². The summed E-state index contributed by atoms with van der Waals surface area (Å²) in [6.45, 7) is 2.34. The lowest BCUT2D eigenvalue weighted by Gasteiger charge is -2.22. The molecule has 1 saturated heterocycles. The lowest BCUT2D eigenvalue weighted by molar-refractivity contribution is 0.0696. The lowest BCUT2D eigenvalue weighted by atomic mass is 10.1. The molecular weight excluding hydrogens is 170 g/mol. The van der Waals surface area contributed by atoms with Crippen molar-refractivity contribution in [1.29, 1.82) is 0 Å². The van der Waals surface area contributed by atoms with Gasteiger partial charge in [0.2, 0.25) is 6.39 Å². The van der Waals surface area contributed by atoms with Crippen LogP contribution in [0.25, 0.3) is 0 Å². The molecule has 1 aliphatic heterocycles. The molecule has 1 aromatic heterocycles. The molecule has 0 amide bonds. The molecule has 0 spiro atoms. The fourth-order valence-electron chi connectivity index (χ4n) is 1.41. The summed E-state index contributed by atoms with van der Waals surface area (Å²) >= 11 is 0. The van der Waals surface area contributed by atoms with Crippen molar-refractivity contribution < 1.29 is 9.26 Å². The number of nitrogens with one attached hydrogen (secondary N) is 1. The molecule has 5 nitrogen and oxygen atoms in total. The van der Waals surface area contributed by atoms with E-state index in [1.807, 2.05) is 0 Å². The normalized spacial score (nSPS) is 23.2. The number of nitrogens with zero attached hydrogens (tertiary/aromatic N) is 2. The Labute approximate surface area is 76.5 Å². The van der Waals surface area contributed by atoms with E-state index < -0.39 is 0 Å². The predicted molar refractivity (Wildman–Crippen MR) is 45.0 cm³/mol. The Bertz CT molecular complexity index is 232. The standard InChI is InChI=1S/C8H13N3O2/c1-2-7(5-12-3-1)9-4-8-10-6-13-11-8/h6-7,9H,1-5H2. The van der Waals surface area contributed by atoms with Gasteiger partial charge in [-0.15, -0.1) is 0 Å². The van der Waals surface area contributed by atoms with Gasteiger partial charge in [0.25, 0.3) is 0 Å². The van der Waals surface area contributed by atoms with E-state index >= 15 is 0 Å². The third kappa shape index (κ3) is 2.50. The van der Waals surface area contributed by atoms with Gasteiger partial charge >= 0.3 is 0 Å². The zero-order chi connectivity index (χ0) is 8.93. The van der Waals surface area contributed by atoms with Crippen molar-refractivity contribution in [3.63, 3.8) is 0 Å². The Balaban J connectivity index is 1.72. The second kappa shape index (κ2) is 4.34. The van der Waals surface area contributed by atoms with Crippen LogP contribution < -0.4 is 5.32 Å². The van der Waals surface area contributed by atoms with Crippen LogP contribution in [0.1, 0.15) is 18.7 Å². The minimum absolute atomic E-state index is 0.437. The van der Waals surface area contributed by atoms with Crippen molar-refractivity contribution in [2.24, 2.45) is 0 Å². The van der Waals surface area contributed by atoms with Crippen LogP contribution in [-0.4, -0.2) is 29.4 Å². The monoisotopic (exact) mass is 183 g/mol. The van der Waals surface area contributed by atoms with Crippen molar-refractivity contribution >= 4 is 0 Å². The van der Waals surface area contributed by atoms with Gasteiger partial charge in [-0.25, -0.2) is 0 Å². The van der Waals surface area contributed by atoms with E-state index in [4.69, 9.17) is 4.74 Å². The molecule has 2 rings (SSSR count).